The first kappa shape index (κ1) is 15.6. The van der Waals surface area contributed by atoms with Crippen LogP contribution in [0.4, 0.5) is 11.5 Å². The second-order valence-corrected chi connectivity index (χ2v) is 7.66. The quantitative estimate of drug-likeness (QED) is 0.762. The Morgan fingerprint density at radius 2 is 1.90 bits per heavy atom. The number of rotatable bonds is 3. The molecule has 1 heterocycles. The van der Waals surface area contributed by atoms with Crippen LogP contribution >= 0.6 is 43.5 Å². The van der Waals surface area contributed by atoms with Crippen LogP contribution in [0.25, 0.3) is 0 Å². The van der Waals surface area contributed by atoms with Crippen LogP contribution in [0.1, 0.15) is 0 Å². The first-order chi connectivity index (χ1) is 9.29. The van der Waals surface area contributed by atoms with Gasteiger partial charge in [0, 0.05) is 15.1 Å². The van der Waals surface area contributed by atoms with E-state index in [4.69, 9.17) is 17.3 Å². The molecule has 0 radical (unpaired) electrons. The van der Waals surface area contributed by atoms with Gasteiger partial charge in [0.2, 0.25) is 0 Å². The zero-order chi connectivity index (χ0) is 14.9. The second kappa shape index (κ2) is 5.88. The van der Waals surface area contributed by atoms with E-state index in [1.54, 1.807) is 18.2 Å². The van der Waals surface area contributed by atoms with Crippen LogP contribution < -0.4 is 10.5 Å². The Hall–Kier alpha value is -0.830. The molecule has 0 unspecified atom stereocenters. The number of hydrogen-bond acceptors (Lipinski definition) is 4. The molecular weight excluding hydrogens is 433 g/mol. The molecule has 5 nitrogen and oxygen atoms in total. The van der Waals surface area contributed by atoms with Crippen molar-refractivity contribution in [1.82, 2.24) is 4.98 Å². The van der Waals surface area contributed by atoms with Crippen molar-refractivity contribution in [1.29, 1.82) is 0 Å². The number of nitrogen functional groups attached to an aromatic ring is 1. The van der Waals surface area contributed by atoms with E-state index in [2.05, 4.69) is 41.6 Å². The number of nitrogens with two attached hydrogens (primary N) is 1. The number of nitrogens with one attached hydrogen (secondary N) is 1. The van der Waals surface area contributed by atoms with Gasteiger partial charge in [0.15, 0.2) is 0 Å². The maximum atomic E-state index is 12.3. The number of hydrogen-bond donors (Lipinski definition) is 2. The zero-order valence-corrected chi connectivity index (χ0v) is 14.5. The average molecular weight is 442 g/mol. The molecule has 0 aliphatic rings. The Kier molecular flexibility index (Phi) is 4.58. The van der Waals surface area contributed by atoms with Gasteiger partial charge >= 0.3 is 0 Å². The molecule has 0 spiro atoms. The molecule has 2 rings (SSSR count). The van der Waals surface area contributed by atoms with E-state index in [9.17, 15) is 8.42 Å². The van der Waals surface area contributed by atoms with Crippen LogP contribution in [0.15, 0.2) is 44.3 Å². The summed E-state index contributed by atoms with van der Waals surface area (Å²) in [6.07, 6.45) is 1.42. The van der Waals surface area contributed by atoms with E-state index >= 15 is 0 Å². The highest BCUT2D eigenvalue weighted by molar-refractivity contribution is 9.10. The molecule has 9 heteroatoms. The van der Waals surface area contributed by atoms with Crippen molar-refractivity contribution in [3.63, 3.8) is 0 Å². The number of anilines is 2. The summed E-state index contributed by atoms with van der Waals surface area (Å²) < 4.78 is 28.2. The van der Waals surface area contributed by atoms with Crippen molar-refractivity contribution in [3.05, 3.63) is 44.4 Å². The van der Waals surface area contributed by atoms with Gasteiger partial charge in [-0.3, -0.25) is 4.72 Å². The molecule has 3 N–H and O–H groups in total. The third-order valence-electron chi connectivity index (χ3n) is 2.31. The number of halogens is 3. The summed E-state index contributed by atoms with van der Waals surface area (Å²) in [5.41, 5.74) is 5.85. The molecule has 2 aromatic rings. The molecule has 0 atom stereocenters. The number of nitrogens with zero attached hydrogens (tertiary/aromatic N) is 1. The second-order valence-electron chi connectivity index (χ2n) is 3.77. The number of pyridine rings is 1. The lowest BCUT2D eigenvalue weighted by Gasteiger charge is -2.11. The van der Waals surface area contributed by atoms with Crippen molar-refractivity contribution in [2.75, 3.05) is 10.5 Å². The van der Waals surface area contributed by atoms with E-state index in [1.807, 2.05) is 0 Å². The Morgan fingerprint density at radius 1 is 1.20 bits per heavy atom. The van der Waals surface area contributed by atoms with Crippen molar-refractivity contribution >= 4 is 65.0 Å². The minimum atomic E-state index is -3.88. The molecule has 106 valence electrons. The molecular formula is C11H8Br2ClN3O2S. The normalized spacial score (nSPS) is 11.3. The Balaban J connectivity index is 2.46. The summed E-state index contributed by atoms with van der Waals surface area (Å²) in [4.78, 5) is 3.67. The lowest BCUT2D eigenvalue weighted by atomic mass is 10.3. The third kappa shape index (κ3) is 3.43. The van der Waals surface area contributed by atoms with Crippen LogP contribution in [0.5, 0.6) is 0 Å². The van der Waals surface area contributed by atoms with Gasteiger partial charge in [-0.05, 0) is 40.2 Å². The lowest BCUT2D eigenvalue weighted by molar-refractivity contribution is 0.601. The number of benzene rings is 1. The fourth-order valence-electron chi connectivity index (χ4n) is 1.42. The van der Waals surface area contributed by atoms with Gasteiger partial charge in [0.05, 0.1) is 10.7 Å². The Morgan fingerprint density at radius 3 is 2.60 bits per heavy atom. The van der Waals surface area contributed by atoms with Crippen molar-refractivity contribution in [2.45, 2.75) is 4.90 Å². The van der Waals surface area contributed by atoms with Crippen LogP contribution in [0.3, 0.4) is 0 Å². The highest BCUT2D eigenvalue weighted by Gasteiger charge is 2.20. The van der Waals surface area contributed by atoms with E-state index in [0.717, 1.165) is 0 Å². The minimum Gasteiger partial charge on any atom is -0.383 e. The van der Waals surface area contributed by atoms with Gasteiger partial charge in [-0.15, -0.1) is 0 Å². The largest absolute Gasteiger partial charge is 0.383 e. The molecule has 0 bridgehead atoms. The summed E-state index contributed by atoms with van der Waals surface area (Å²) in [5.74, 6) is -0.0909. The highest BCUT2D eigenvalue weighted by Crippen LogP contribution is 2.29. The predicted octanol–water partition coefficient (Wildman–Crippen LogP) is 3.64. The average Bonchev–Trinajstić information content (AvgIpc) is 2.36. The van der Waals surface area contributed by atoms with E-state index in [0.29, 0.717) is 8.95 Å². The Labute approximate surface area is 137 Å². The smallest absolute Gasteiger partial charge is 0.265 e. The molecule has 0 amide bonds. The van der Waals surface area contributed by atoms with Crippen LogP contribution in [0.2, 0.25) is 5.02 Å². The Bertz CT molecular complexity index is 768. The topological polar surface area (TPSA) is 85.1 Å². The molecule has 20 heavy (non-hydrogen) atoms. The van der Waals surface area contributed by atoms with Crippen molar-refractivity contribution in [2.24, 2.45) is 0 Å². The number of sulfonamides is 1. The fraction of sp³-hybridized carbons (Fsp3) is 0. The maximum Gasteiger partial charge on any atom is 0.265 e. The zero-order valence-electron chi connectivity index (χ0n) is 9.77. The first-order valence-corrected chi connectivity index (χ1v) is 8.63. The first-order valence-electron chi connectivity index (χ1n) is 5.18. The molecule has 0 saturated carbocycles. The fourth-order valence-corrected chi connectivity index (χ4v) is 3.67. The van der Waals surface area contributed by atoms with Gasteiger partial charge in [-0.25, -0.2) is 13.4 Å². The SMILES string of the molecule is Nc1ncc(Br)cc1S(=O)(=O)Nc1cc(Br)ccc1Cl. The standard InChI is InChI=1S/C11H8Br2ClN3O2S/c12-6-1-2-8(14)9(3-6)17-20(18,19)10-4-7(13)5-16-11(10)15/h1-5,17H,(H2,15,16). The summed E-state index contributed by atoms with van der Waals surface area (Å²) in [6.45, 7) is 0. The van der Waals surface area contributed by atoms with Crippen molar-refractivity contribution in [3.8, 4) is 0 Å². The van der Waals surface area contributed by atoms with E-state index < -0.39 is 10.0 Å². The molecule has 0 aliphatic carbocycles. The van der Waals surface area contributed by atoms with E-state index in [1.165, 1.54) is 12.3 Å². The summed E-state index contributed by atoms with van der Waals surface area (Å²) >= 11 is 12.4. The maximum absolute atomic E-state index is 12.3. The van der Waals surface area contributed by atoms with Gasteiger partial charge in [0.1, 0.15) is 10.7 Å². The number of aromatic nitrogens is 1. The highest BCUT2D eigenvalue weighted by atomic mass is 79.9. The summed E-state index contributed by atoms with van der Waals surface area (Å²) in [7, 11) is -3.88. The van der Waals surface area contributed by atoms with Gasteiger partial charge < -0.3 is 5.73 Å². The predicted molar refractivity (Wildman–Crippen MR) is 86.3 cm³/mol. The summed E-state index contributed by atoms with van der Waals surface area (Å²) in [5, 5.41) is 0.276. The third-order valence-corrected chi connectivity index (χ3v) is 4.96. The molecule has 1 aromatic heterocycles. The lowest BCUT2D eigenvalue weighted by Crippen LogP contribution is -2.15. The van der Waals surface area contributed by atoms with E-state index in [-0.39, 0.29) is 21.4 Å². The summed E-state index contributed by atoms with van der Waals surface area (Å²) in [6, 6.07) is 6.21. The minimum absolute atomic E-state index is 0.0909. The molecule has 0 aliphatic heterocycles. The molecule has 0 saturated heterocycles. The van der Waals surface area contributed by atoms with Gasteiger partial charge in [-0.1, -0.05) is 27.5 Å². The molecule has 1 aromatic carbocycles. The van der Waals surface area contributed by atoms with Gasteiger partial charge in [0.25, 0.3) is 10.0 Å². The van der Waals surface area contributed by atoms with Crippen LogP contribution in [0, 0.1) is 0 Å². The molecule has 0 fully saturated rings. The van der Waals surface area contributed by atoms with Gasteiger partial charge in [-0.2, -0.15) is 0 Å². The van der Waals surface area contributed by atoms with Crippen molar-refractivity contribution < 1.29 is 8.42 Å². The van der Waals surface area contributed by atoms with Crippen LogP contribution in [-0.2, 0) is 10.0 Å². The monoisotopic (exact) mass is 439 g/mol. The van der Waals surface area contributed by atoms with Crippen LogP contribution in [-0.4, -0.2) is 13.4 Å².